The number of hydrogen-bond donors (Lipinski definition) is 1. The Morgan fingerprint density at radius 3 is 2.71 bits per heavy atom. The Bertz CT molecular complexity index is 748. The van der Waals surface area contributed by atoms with Crippen LogP contribution in [0, 0.1) is 15.9 Å². The number of nitro groups is 1. The van der Waals surface area contributed by atoms with Gasteiger partial charge in [0, 0.05) is 6.54 Å². The van der Waals surface area contributed by atoms with Crippen LogP contribution in [0.2, 0.25) is 0 Å². The first-order chi connectivity index (χ1) is 11.6. The molecule has 0 saturated heterocycles. The molecule has 0 bridgehead atoms. The Labute approximate surface area is 137 Å². The molecular formula is C17H15FN2O4. The molecule has 2 aromatic rings. The van der Waals surface area contributed by atoms with Gasteiger partial charge in [0.2, 0.25) is 0 Å². The van der Waals surface area contributed by atoms with Gasteiger partial charge in [-0.2, -0.15) is 0 Å². The topological polar surface area (TPSA) is 81.5 Å². The number of rotatable bonds is 6. The average molecular weight is 330 g/mol. The second-order valence-electron chi connectivity index (χ2n) is 4.81. The highest BCUT2D eigenvalue weighted by Gasteiger charge is 2.12. The van der Waals surface area contributed by atoms with Crippen LogP contribution in [0.15, 0.2) is 54.6 Å². The molecule has 0 heterocycles. The zero-order valence-corrected chi connectivity index (χ0v) is 12.6. The summed E-state index contributed by atoms with van der Waals surface area (Å²) < 4.78 is 18.0. The predicted octanol–water partition coefficient (Wildman–Crippen LogP) is 3.67. The molecule has 2 aromatic carbocycles. The van der Waals surface area contributed by atoms with Gasteiger partial charge in [-0.1, -0.05) is 42.5 Å². The highest BCUT2D eigenvalue weighted by atomic mass is 19.1. The van der Waals surface area contributed by atoms with Crippen LogP contribution in [-0.2, 0) is 11.3 Å². The van der Waals surface area contributed by atoms with Gasteiger partial charge < -0.3 is 10.1 Å². The molecule has 0 saturated carbocycles. The van der Waals surface area contributed by atoms with Crippen LogP contribution in [0.5, 0.6) is 0 Å². The molecule has 2 rings (SSSR count). The standard InChI is InChI=1S/C17H15FN2O4/c18-15-9-8-14(16(11-15)20(22)23)7-4-10-19-17(21)24-12-13-5-2-1-3-6-13/h1-9,11H,10,12H2,(H,19,21). The minimum atomic E-state index is -0.679. The fourth-order valence-electron chi connectivity index (χ4n) is 1.92. The van der Waals surface area contributed by atoms with Gasteiger partial charge in [0.15, 0.2) is 0 Å². The van der Waals surface area contributed by atoms with E-state index in [1.807, 2.05) is 30.3 Å². The number of amides is 1. The number of benzene rings is 2. The quantitative estimate of drug-likeness (QED) is 0.647. The molecule has 1 N–H and O–H groups in total. The molecule has 1 amide bonds. The highest BCUT2D eigenvalue weighted by Crippen LogP contribution is 2.20. The Morgan fingerprint density at radius 2 is 2.00 bits per heavy atom. The Hall–Kier alpha value is -3.22. The van der Waals surface area contributed by atoms with E-state index in [9.17, 15) is 19.3 Å². The lowest BCUT2D eigenvalue weighted by atomic mass is 10.1. The third-order valence-corrected chi connectivity index (χ3v) is 3.06. The van der Waals surface area contributed by atoms with Crippen molar-refractivity contribution in [2.45, 2.75) is 6.61 Å². The molecule has 0 aliphatic rings. The summed E-state index contributed by atoms with van der Waals surface area (Å²) in [6, 6.07) is 12.5. The maximum Gasteiger partial charge on any atom is 0.407 e. The van der Waals surface area contributed by atoms with Gasteiger partial charge in [-0.05, 0) is 17.7 Å². The van der Waals surface area contributed by atoms with Crippen molar-refractivity contribution >= 4 is 17.9 Å². The van der Waals surface area contributed by atoms with E-state index in [4.69, 9.17) is 4.74 Å². The summed E-state index contributed by atoms with van der Waals surface area (Å²) in [5, 5.41) is 13.3. The van der Waals surface area contributed by atoms with E-state index in [-0.39, 0.29) is 24.4 Å². The van der Waals surface area contributed by atoms with Crippen molar-refractivity contribution in [1.29, 1.82) is 0 Å². The van der Waals surface area contributed by atoms with E-state index in [0.717, 1.165) is 17.7 Å². The number of nitro benzene ring substituents is 1. The summed E-state index contributed by atoms with van der Waals surface area (Å²) >= 11 is 0. The number of carbonyl (C=O) groups excluding carboxylic acids is 1. The lowest BCUT2D eigenvalue weighted by Gasteiger charge is -2.05. The summed E-state index contributed by atoms with van der Waals surface area (Å²) in [5.74, 6) is -0.679. The monoisotopic (exact) mass is 330 g/mol. The summed E-state index contributed by atoms with van der Waals surface area (Å²) in [7, 11) is 0. The van der Waals surface area contributed by atoms with Gasteiger partial charge in [-0.3, -0.25) is 10.1 Å². The second-order valence-corrected chi connectivity index (χ2v) is 4.81. The van der Waals surface area contributed by atoms with Crippen molar-refractivity contribution in [2.75, 3.05) is 6.54 Å². The van der Waals surface area contributed by atoms with Crippen LogP contribution in [0.3, 0.4) is 0 Å². The van der Waals surface area contributed by atoms with E-state index in [1.165, 1.54) is 18.2 Å². The first kappa shape index (κ1) is 17.1. The van der Waals surface area contributed by atoms with Gasteiger partial charge >= 0.3 is 6.09 Å². The molecule has 0 aliphatic carbocycles. The minimum absolute atomic E-state index is 0.127. The third kappa shape index (κ3) is 5.20. The number of carbonyl (C=O) groups is 1. The number of nitrogens with zero attached hydrogens (tertiary/aromatic N) is 1. The molecule has 0 aromatic heterocycles. The molecule has 7 heteroatoms. The number of nitrogens with one attached hydrogen (secondary N) is 1. The Balaban J connectivity index is 1.82. The van der Waals surface area contributed by atoms with E-state index >= 15 is 0 Å². The van der Waals surface area contributed by atoms with E-state index in [1.54, 1.807) is 0 Å². The van der Waals surface area contributed by atoms with E-state index < -0.39 is 16.8 Å². The Kier molecular flexibility index (Phi) is 6.01. The van der Waals surface area contributed by atoms with Crippen LogP contribution >= 0.6 is 0 Å². The van der Waals surface area contributed by atoms with Crippen LogP contribution in [0.25, 0.3) is 6.08 Å². The summed E-state index contributed by atoms with van der Waals surface area (Å²) in [5.41, 5.74) is 0.781. The predicted molar refractivity (Wildman–Crippen MR) is 86.7 cm³/mol. The van der Waals surface area contributed by atoms with Crippen LogP contribution in [-0.4, -0.2) is 17.6 Å². The first-order valence-electron chi connectivity index (χ1n) is 7.11. The molecule has 0 aliphatic heterocycles. The molecule has 0 unspecified atom stereocenters. The molecule has 0 radical (unpaired) electrons. The van der Waals surface area contributed by atoms with E-state index in [0.29, 0.717) is 0 Å². The lowest BCUT2D eigenvalue weighted by Crippen LogP contribution is -2.24. The van der Waals surface area contributed by atoms with Crippen LogP contribution in [0.1, 0.15) is 11.1 Å². The number of hydrogen-bond acceptors (Lipinski definition) is 4. The van der Waals surface area contributed by atoms with Crippen molar-refractivity contribution in [2.24, 2.45) is 0 Å². The van der Waals surface area contributed by atoms with Crippen LogP contribution in [0.4, 0.5) is 14.9 Å². The van der Waals surface area contributed by atoms with Gasteiger partial charge in [0.25, 0.3) is 5.69 Å². The molecule has 0 atom stereocenters. The zero-order valence-electron chi connectivity index (χ0n) is 12.6. The fraction of sp³-hybridized carbons (Fsp3) is 0.118. The number of halogens is 1. The maximum atomic E-state index is 13.0. The molecule has 0 spiro atoms. The largest absolute Gasteiger partial charge is 0.445 e. The van der Waals surface area contributed by atoms with Crippen molar-refractivity contribution < 1.29 is 18.8 Å². The van der Waals surface area contributed by atoms with Gasteiger partial charge in [0.05, 0.1) is 16.6 Å². The second kappa shape index (κ2) is 8.42. The highest BCUT2D eigenvalue weighted by molar-refractivity contribution is 5.68. The van der Waals surface area contributed by atoms with Crippen molar-refractivity contribution in [3.8, 4) is 0 Å². The minimum Gasteiger partial charge on any atom is -0.445 e. The molecule has 6 nitrogen and oxygen atoms in total. The molecule has 0 fully saturated rings. The third-order valence-electron chi connectivity index (χ3n) is 3.06. The number of alkyl carbamates (subject to hydrolysis) is 1. The van der Waals surface area contributed by atoms with Gasteiger partial charge in [0.1, 0.15) is 12.4 Å². The first-order valence-corrected chi connectivity index (χ1v) is 7.11. The zero-order chi connectivity index (χ0) is 17.4. The van der Waals surface area contributed by atoms with Crippen LogP contribution < -0.4 is 5.32 Å². The molecular weight excluding hydrogens is 315 g/mol. The summed E-state index contributed by atoms with van der Waals surface area (Å²) in [4.78, 5) is 21.7. The van der Waals surface area contributed by atoms with E-state index in [2.05, 4.69) is 5.32 Å². The Morgan fingerprint density at radius 1 is 1.25 bits per heavy atom. The maximum absolute atomic E-state index is 13.0. The average Bonchev–Trinajstić information content (AvgIpc) is 2.58. The smallest absolute Gasteiger partial charge is 0.407 e. The van der Waals surface area contributed by atoms with Crippen molar-refractivity contribution in [3.05, 3.63) is 81.7 Å². The summed E-state index contributed by atoms with van der Waals surface area (Å²) in [6.07, 6.45) is 2.36. The fourth-order valence-corrected chi connectivity index (χ4v) is 1.92. The lowest BCUT2D eigenvalue weighted by molar-refractivity contribution is -0.385. The SMILES string of the molecule is O=C(NCC=Cc1ccc(F)cc1[N+](=O)[O-])OCc1ccccc1. The number of ether oxygens (including phenoxy) is 1. The summed E-state index contributed by atoms with van der Waals surface area (Å²) in [6.45, 7) is 0.280. The normalized spacial score (nSPS) is 10.5. The van der Waals surface area contributed by atoms with Gasteiger partial charge in [-0.25, -0.2) is 9.18 Å². The van der Waals surface area contributed by atoms with Crippen molar-refractivity contribution in [1.82, 2.24) is 5.32 Å². The van der Waals surface area contributed by atoms with Gasteiger partial charge in [-0.15, -0.1) is 0 Å². The molecule has 24 heavy (non-hydrogen) atoms. The molecule has 124 valence electrons. The van der Waals surface area contributed by atoms with Crippen molar-refractivity contribution in [3.63, 3.8) is 0 Å².